The number of carbonyl (C=O) groups excluding carboxylic acids is 1. The van der Waals surface area contributed by atoms with Crippen LogP contribution in [0.15, 0.2) is 24.3 Å². The number of nitrogens with one attached hydrogen (secondary N) is 1. The topological polar surface area (TPSA) is 72.9 Å². The van der Waals surface area contributed by atoms with Crippen LogP contribution in [0.1, 0.15) is 44.3 Å². The van der Waals surface area contributed by atoms with Crippen LogP contribution in [0.25, 0.3) is 11.0 Å². The average Bonchev–Trinajstić information content (AvgIpc) is 2.91. The molecule has 1 aliphatic carbocycles. The quantitative estimate of drug-likeness (QED) is 0.826. The highest BCUT2D eigenvalue weighted by Gasteiger charge is 2.21. The summed E-state index contributed by atoms with van der Waals surface area (Å²) >= 11 is 0. The Kier molecular flexibility index (Phi) is 7.26. The molecule has 1 atom stereocenters. The number of nitrogens with zero attached hydrogens (tertiary/aromatic N) is 2. The molecule has 1 saturated carbocycles. The molecule has 0 bridgehead atoms. The molecule has 1 aliphatic rings. The molecule has 25 heavy (non-hydrogen) atoms. The van der Waals surface area contributed by atoms with Gasteiger partial charge in [-0.05, 0) is 31.4 Å². The minimum atomic E-state index is -0.381. The summed E-state index contributed by atoms with van der Waals surface area (Å²) in [6.07, 6.45) is 7.16. The van der Waals surface area contributed by atoms with Crippen molar-refractivity contribution in [2.24, 2.45) is 11.7 Å². The fourth-order valence-electron chi connectivity index (χ4n) is 3.79. The first-order chi connectivity index (χ1) is 11.6. The third-order valence-electron chi connectivity index (χ3n) is 5.13. The second kappa shape index (κ2) is 9.20. The maximum absolute atomic E-state index is 12.2. The van der Waals surface area contributed by atoms with Crippen molar-refractivity contribution in [3.8, 4) is 0 Å². The van der Waals surface area contributed by atoms with E-state index in [2.05, 4.69) is 20.9 Å². The first kappa shape index (κ1) is 19.7. The van der Waals surface area contributed by atoms with E-state index in [-0.39, 0.29) is 24.4 Å². The normalized spacial score (nSPS) is 16.4. The summed E-state index contributed by atoms with van der Waals surface area (Å²) in [7, 11) is 0. The van der Waals surface area contributed by atoms with E-state index in [1.54, 1.807) is 0 Å². The molecular formula is C19H29ClN4O. The molecule has 138 valence electrons. The van der Waals surface area contributed by atoms with E-state index in [0.29, 0.717) is 19.0 Å². The number of benzene rings is 1. The van der Waals surface area contributed by atoms with Gasteiger partial charge >= 0.3 is 0 Å². The molecule has 1 amide bonds. The third kappa shape index (κ3) is 4.95. The number of carbonyl (C=O) groups is 1. The number of aryl methyl sites for hydroxylation is 1. The summed E-state index contributed by atoms with van der Waals surface area (Å²) in [4.78, 5) is 16.8. The summed E-state index contributed by atoms with van der Waals surface area (Å²) in [6, 6.07) is 7.70. The zero-order chi connectivity index (χ0) is 16.9. The number of fused-ring (bicyclic) bond motifs is 1. The summed E-state index contributed by atoms with van der Waals surface area (Å²) in [5.41, 5.74) is 8.20. The standard InChI is InChI=1S/C19H28N4O.ClH/c1-14-22-17-9-5-6-10-18(17)23(14)12-11-21-19(24)16(20)13-15-7-3-2-4-8-15;/h5-6,9-10,15-16H,2-4,7-8,11-13,20H2,1H3,(H,21,24);1H. The molecule has 1 aromatic heterocycles. The van der Waals surface area contributed by atoms with Crippen LogP contribution < -0.4 is 11.1 Å². The van der Waals surface area contributed by atoms with E-state index in [9.17, 15) is 4.79 Å². The zero-order valence-corrected chi connectivity index (χ0v) is 15.7. The molecule has 0 spiro atoms. The van der Waals surface area contributed by atoms with Gasteiger partial charge in [0.15, 0.2) is 0 Å². The van der Waals surface area contributed by atoms with Gasteiger partial charge in [0.05, 0.1) is 17.1 Å². The molecule has 0 saturated heterocycles. The summed E-state index contributed by atoms with van der Waals surface area (Å²) in [5.74, 6) is 1.57. The van der Waals surface area contributed by atoms with Crippen LogP contribution in [0.2, 0.25) is 0 Å². The Morgan fingerprint density at radius 1 is 1.32 bits per heavy atom. The third-order valence-corrected chi connectivity index (χ3v) is 5.13. The van der Waals surface area contributed by atoms with Gasteiger partial charge in [-0.1, -0.05) is 44.2 Å². The minimum absolute atomic E-state index is 0. The number of hydrogen-bond acceptors (Lipinski definition) is 3. The predicted molar refractivity (Wildman–Crippen MR) is 104 cm³/mol. The maximum atomic E-state index is 12.2. The van der Waals surface area contributed by atoms with Crippen molar-refractivity contribution in [1.82, 2.24) is 14.9 Å². The number of amides is 1. The Labute approximate surface area is 155 Å². The van der Waals surface area contributed by atoms with Gasteiger partial charge in [0.2, 0.25) is 5.91 Å². The van der Waals surface area contributed by atoms with E-state index in [0.717, 1.165) is 23.3 Å². The van der Waals surface area contributed by atoms with Crippen molar-refractivity contribution in [3.63, 3.8) is 0 Å². The van der Waals surface area contributed by atoms with Crippen molar-refractivity contribution in [2.75, 3.05) is 6.54 Å². The lowest BCUT2D eigenvalue weighted by Gasteiger charge is -2.24. The first-order valence-corrected chi connectivity index (χ1v) is 9.10. The minimum Gasteiger partial charge on any atom is -0.353 e. The molecule has 0 radical (unpaired) electrons. The van der Waals surface area contributed by atoms with Gasteiger partial charge in [0.1, 0.15) is 5.82 Å². The van der Waals surface area contributed by atoms with E-state index in [4.69, 9.17) is 5.73 Å². The predicted octanol–water partition coefficient (Wildman–Crippen LogP) is 3.18. The van der Waals surface area contributed by atoms with Crippen LogP contribution in [-0.4, -0.2) is 28.0 Å². The Bertz CT molecular complexity index is 694. The molecule has 1 unspecified atom stereocenters. The van der Waals surface area contributed by atoms with Gasteiger partial charge in [-0.3, -0.25) is 4.79 Å². The Balaban J connectivity index is 0.00000225. The molecule has 3 N–H and O–H groups in total. The second-order valence-corrected chi connectivity index (χ2v) is 6.94. The van der Waals surface area contributed by atoms with Gasteiger partial charge < -0.3 is 15.6 Å². The van der Waals surface area contributed by atoms with Crippen LogP contribution in [-0.2, 0) is 11.3 Å². The second-order valence-electron chi connectivity index (χ2n) is 6.94. The average molecular weight is 365 g/mol. The summed E-state index contributed by atoms with van der Waals surface area (Å²) in [5, 5.41) is 2.99. The monoisotopic (exact) mass is 364 g/mol. The van der Waals surface area contributed by atoms with Crippen LogP contribution in [0.3, 0.4) is 0 Å². The van der Waals surface area contributed by atoms with Crippen LogP contribution in [0, 0.1) is 12.8 Å². The fraction of sp³-hybridized carbons (Fsp3) is 0.579. The number of hydrogen-bond donors (Lipinski definition) is 2. The van der Waals surface area contributed by atoms with Gasteiger partial charge in [-0.25, -0.2) is 4.98 Å². The number of nitrogens with two attached hydrogens (primary N) is 1. The number of aromatic nitrogens is 2. The lowest BCUT2D eigenvalue weighted by atomic mass is 9.85. The summed E-state index contributed by atoms with van der Waals surface area (Å²) < 4.78 is 2.14. The molecular weight excluding hydrogens is 336 g/mol. The highest BCUT2D eigenvalue weighted by atomic mass is 35.5. The molecule has 5 nitrogen and oxygen atoms in total. The Morgan fingerprint density at radius 3 is 2.80 bits per heavy atom. The van der Waals surface area contributed by atoms with E-state index < -0.39 is 0 Å². The maximum Gasteiger partial charge on any atom is 0.236 e. The van der Waals surface area contributed by atoms with Crippen molar-refractivity contribution in [2.45, 2.75) is 58.0 Å². The van der Waals surface area contributed by atoms with Crippen molar-refractivity contribution in [1.29, 1.82) is 0 Å². The van der Waals surface area contributed by atoms with E-state index in [1.165, 1.54) is 32.1 Å². The number of imidazole rings is 1. The van der Waals surface area contributed by atoms with Gasteiger partial charge in [0, 0.05) is 13.1 Å². The SMILES string of the molecule is Cc1nc2ccccc2n1CCNC(=O)C(N)CC1CCCCC1.Cl. The zero-order valence-electron chi connectivity index (χ0n) is 14.9. The van der Waals surface area contributed by atoms with Crippen molar-refractivity contribution >= 4 is 29.3 Å². The molecule has 3 rings (SSSR count). The molecule has 6 heteroatoms. The number of halogens is 1. The van der Waals surface area contributed by atoms with E-state index >= 15 is 0 Å². The highest BCUT2D eigenvalue weighted by Crippen LogP contribution is 2.26. The highest BCUT2D eigenvalue weighted by molar-refractivity contribution is 5.85. The molecule has 0 aliphatic heterocycles. The molecule has 1 heterocycles. The molecule has 2 aromatic rings. The molecule has 1 fully saturated rings. The van der Waals surface area contributed by atoms with Gasteiger partial charge in [-0.2, -0.15) is 0 Å². The number of rotatable bonds is 6. The van der Waals surface area contributed by atoms with E-state index in [1.807, 2.05) is 25.1 Å². The number of para-hydroxylation sites is 2. The van der Waals surface area contributed by atoms with Gasteiger partial charge in [-0.15, -0.1) is 12.4 Å². The lowest BCUT2D eigenvalue weighted by molar-refractivity contribution is -0.122. The van der Waals surface area contributed by atoms with Gasteiger partial charge in [0.25, 0.3) is 0 Å². The first-order valence-electron chi connectivity index (χ1n) is 9.10. The fourth-order valence-corrected chi connectivity index (χ4v) is 3.79. The lowest BCUT2D eigenvalue weighted by Crippen LogP contribution is -2.43. The summed E-state index contributed by atoms with van der Waals surface area (Å²) in [6.45, 7) is 3.29. The smallest absolute Gasteiger partial charge is 0.236 e. The van der Waals surface area contributed by atoms with Crippen molar-refractivity contribution < 1.29 is 4.79 Å². The van der Waals surface area contributed by atoms with Crippen LogP contribution >= 0.6 is 12.4 Å². The largest absolute Gasteiger partial charge is 0.353 e. The molecule has 1 aromatic carbocycles. The van der Waals surface area contributed by atoms with Crippen LogP contribution in [0.4, 0.5) is 0 Å². The Morgan fingerprint density at radius 2 is 2.04 bits per heavy atom. The van der Waals surface area contributed by atoms with Crippen LogP contribution in [0.5, 0.6) is 0 Å². The van der Waals surface area contributed by atoms with Crippen molar-refractivity contribution in [3.05, 3.63) is 30.1 Å². The Hall–Kier alpha value is -1.59.